The smallest absolute Gasteiger partial charge is 0.270 e. The first-order valence-corrected chi connectivity index (χ1v) is 8.94. The van der Waals surface area contributed by atoms with Crippen molar-refractivity contribution >= 4 is 23.5 Å². The van der Waals surface area contributed by atoms with Gasteiger partial charge in [0.2, 0.25) is 5.91 Å². The van der Waals surface area contributed by atoms with Gasteiger partial charge < -0.3 is 5.32 Å². The fourth-order valence-electron chi connectivity index (χ4n) is 3.48. The number of amides is 1. The molecule has 23 heavy (non-hydrogen) atoms. The highest BCUT2D eigenvalue weighted by atomic mass is 32.2. The van der Waals surface area contributed by atoms with E-state index in [4.69, 9.17) is 0 Å². The number of fused-ring (bicyclic) bond motifs is 1. The summed E-state index contributed by atoms with van der Waals surface area (Å²) in [6.45, 7) is 0. The van der Waals surface area contributed by atoms with Gasteiger partial charge in [-0.1, -0.05) is 12.8 Å². The van der Waals surface area contributed by atoms with Crippen molar-refractivity contribution in [2.45, 2.75) is 37.0 Å². The summed E-state index contributed by atoms with van der Waals surface area (Å²) in [5, 5.41) is 5.75. The van der Waals surface area contributed by atoms with Crippen LogP contribution in [0.25, 0.3) is 0 Å². The SMILES string of the molecule is O=C1CS[C@H](c2ccncc2)c2c(n(C3CCCC3)[nH]c2=O)N1. The zero-order chi connectivity index (χ0) is 15.8. The molecule has 0 aromatic carbocycles. The molecular formula is C16H18N4O2S. The predicted molar refractivity (Wildman–Crippen MR) is 89.7 cm³/mol. The average Bonchev–Trinajstić information content (AvgIpc) is 3.14. The van der Waals surface area contributed by atoms with Crippen LogP contribution in [0, 0.1) is 0 Å². The maximum Gasteiger partial charge on any atom is 0.270 e. The Morgan fingerprint density at radius 1 is 1.17 bits per heavy atom. The van der Waals surface area contributed by atoms with Gasteiger partial charge in [0.25, 0.3) is 5.56 Å². The number of hydrogen-bond donors (Lipinski definition) is 2. The lowest BCUT2D eigenvalue weighted by molar-refractivity contribution is -0.113. The van der Waals surface area contributed by atoms with Crippen molar-refractivity contribution in [3.8, 4) is 0 Å². The van der Waals surface area contributed by atoms with E-state index in [9.17, 15) is 9.59 Å². The van der Waals surface area contributed by atoms with Crippen molar-refractivity contribution in [3.05, 3.63) is 46.0 Å². The topological polar surface area (TPSA) is 79.8 Å². The maximum absolute atomic E-state index is 12.6. The van der Waals surface area contributed by atoms with Gasteiger partial charge in [0.1, 0.15) is 5.82 Å². The summed E-state index contributed by atoms with van der Waals surface area (Å²) in [5.41, 5.74) is 1.54. The Morgan fingerprint density at radius 3 is 2.65 bits per heavy atom. The van der Waals surface area contributed by atoms with Gasteiger partial charge in [0.15, 0.2) is 0 Å². The molecule has 1 saturated carbocycles. The maximum atomic E-state index is 12.6. The molecule has 7 heteroatoms. The van der Waals surface area contributed by atoms with E-state index >= 15 is 0 Å². The number of H-pyrrole nitrogens is 1. The van der Waals surface area contributed by atoms with E-state index in [2.05, 4.69) is 15.4 Å². The molecule has 3 heterocycles. The van der Waals surface area contributed by atoms with Crippen LogP contribution in [-0.4, -0.2) is 26.4 Å². The highest BCUT2D eigenvalue weighted by Gasteiger charge is 2.32. The first kappa shape index (κ1) is 14.6. The highest BCUT2D eigenvalue weighted by molar-refractivity contribution is 8.00. The average molecular weight is 330 g/mol. The minimum atomic E-state index is -0.154. The van der Waals surface area contributed by atoms with E-state index in [0.29, 0.717) is 17.1 Å². The van der Waals surface area contributed by atoms with E-state index in [1.54, 1.807) is 12.4 Å². The third-order valence-electron chi connectivity index (χ3n) is 4.56. The molecule has 0 bridgehead atoms. The first-order chi connectivity index (χ1) is 11.2. The summed E-state index contributed by atoms with van der Waals surface area (Å²) >= 11 is 1.48. The van der Waals surface area contributed by atoms with Gasteiger partial charge in [-0.2, -0.15) is 0 Å². The number of rotatable bonds is 2. The highest BCUT2D eigenvalue weighted by Crippen LogP contribution is 2.41. The minimum absolute atomic E-state index is 0.0569. The quantitative estimate of drug-likeness (QED) is 0.886. The van der Waals surface area contributed by atoms with Crippen LogP contribution in [0.4, 0.5) is 5.82 Å². The predicted octanol–water partition coefficient (Wildman–Crippen LogP) is 2.46. The number of carbonyl (C=O) groups is 1. The zero-order valence-corrected chi connectivity index (χ0v) is 13.4. The number of aromatic amines is 1. The van der Waals surface area contributed by atoms with Crippen molar-refractivity contribution in [2.24, 2.45) is 0 Å². The molecule has 0 spiro atoms. The summed E-state index contributed by atoms with van der Waals surface area (Å²) in [6, 6.07) is 4.08. The van der Waals surface area contributed by atoms with Crippen LogP contribution < -0.4 is 10.9 Å². The van der Waals surface area contributed by atoms with Crippen molar-refractivity contribution in [1.29, 1.82) is 0 Å². The fourth-order valence-corrected chi connectivity index (χ4v) is 4.61. The van der Waals surface area contributed by atoms with Crippen molar-refractivity contribution in [2.75, 3.05) is 11.1 Å². The largest absolute Gasteiger partial charge is 0.310 e. The summed E-state index contributed by atoms with van der Waals surface area (Å²) in [6.07, 6.45) is 7.85. The molecule has 1 fully saturated rings. The summed E-state index contributed by atoms with van der Waals surface area (Å²) in [5.74, 6) is 0.934. The number of anilines is 1. The molecule has 1 amide bonds. The summed E-state index contributed by atoms with van der Waals surface area (Å²) in [7, 11) is 0. The van der Waals surface area contributed by atoms with Crippen LogP contribution >= 0.6 is 11.8 Å². The number of thioether (sulfide) groups is 1. The Bertz CT molecular complexity index is 777. The second-order valence-electron chi connectivity index (χ2n) is 6.03. The van der Waals surface area contributed by atoms with Gasteiger partial charge in [-0.15, -0.1) is 11.8 Å². The molecule has 1 atom stereocenters. The monoisotopic (exact) mass is 330 g/mol. The Balaban J connectivity index is 1.85. The van der Waals surface area contributed by atoms with E-state index in [1.165, 1.54) is 11.8 Å². The third kappa shape index (κ3) is 2.59. The number of hydrogen-bond acceptors (Lipinski definition) is 4. The van der Waals surface area contributed by atoms with Gasteiger partial charge in [-0.25, -0.2) is 0 Å². The van der Waals surface area contributed by atoms with Gasteiger partial charge in [-0.3, -0.25) is 24.4 Å². The number of aromatic nitrogens is 3. The Hall–Kier alpha value is -2.02. The van der Waals surface area contributed by atoms with E-state index in [1.807, 2.05) is 16.8 Å². The van der Waals surface area contributed by atoms with Crippen molar-refractivity contribution in [3.63, 3.8) is 0 Å². The molecule has 2 aliphatic rings. The Labute approximate surface area is 137 Å². The molecule has 6 nitrogen and oxygen atoms in total. The lowest BCUT2D eigenvalue weighted by Gasteiger charge is -2.16. The second-order valence-corrected chi connectivity index (χ2v) is 7.12. The van der Waals surface area contributed by atoms with Crippen LogP contribution in [0.5, 0.6) is 0 Å². The molecule has 0 radical (unpaired) electrons. The van der Waals surface area contributed by atoms with Crippen LogP contribution in [0.3, 0.4) is 0 Å². The molecule has 0 unspecified atom stereocenters. The Kier molecular flexibility index (Phi) is 3.72. The molecule has 0 saturated heterocycles. The van der Waals surface area contributed by atoms with Crippen LogP contribution in [0.1, 0.15) is 48.1 Å². The van der Waals surface area contributed by atoms with Gasteiger partial charge >= 0.3 is 0 Å². The third-order valence-corrected chi connectivity index (χ3v) is 5.83. The second kappa shape index (κ2) is 5.88. The van der Waals surface area contributed by atoms with Gasteiger partial charge in [-0.05, 0) is 30.5 Å². The summed E-state index contributed by atoms with van der Waals surface area (Å²) in [4.78, 5) is 28.8. The molecule has 1 aliphatic heterocycles. The van der Waals surface area contributed by atoms with E-state index < -0.39 is 0 Å². The fraction of sp³-hybridized carbons (Fsp3) is 0.438. The van der Waals surface area contributed by atoms with Crippen LogP contribution in [0.15, 0.2) is 29.3 Å². The van der Waals surface area contributed by atoms with E-state index in [0.717, 1.165) is 31.2 Å². The number of nitrogens with zero attached hydrogens (tertiary/aromatic N) is 2. The van der Waals surface area contributed by atoms with Crippen molar-refractivity contribution < 1.29 is 4.79 Å². The normalized spacial score (nSPS) is 21.7. The minimum Gasteiger partial charge on any atom is -0.310 e. The lowest BCUT2D eigenvalue weighted by Crippen LogP contribution is -2.18. The van der Waals surface area contributed by atoms with Crippen LogP contribution in [0.2, 0.25) is 0 Å². The van der Waals surface area contributed by atoms with Gasteiger partial charge in [0, 0.05) is 12.4 Å². The molecule has 2 N–H and O–H groups in total. The number of pyridine rings is 1. The van der Waals surface area contributed by atoms with Gasteiger partial charge in [0.05, 0.1) is 22.6 Å². The number of nitrogens with one attached hydrogen (secondary N) is 2. The lowest BCUT2D eigenvalue weighted by atomic mass is 10.1. The molecule has 2 aromatic heterocycles. The molecule has 2 aromatic rings. The molecule has 120 valence electrons. The van der Waals surface area contributed by atoms with Crippen molar-refractivity contribution in [1.82, 2.24) is 14.8 Å². The van der Waals surface area contributed by atoms with Crippen LogP contribution in [-0.2, 0) is 4.79 Å². The molecule has 1 aliphatic carbocycles. The molecule has 4 rings (SSSR count). The standard InChI is InChI=1S/C16H18N4O2S/c21-12-9-23-14(10-5-7-17-8-6-10)13-15(18-12)20(19-16(13)22)11-3-1-2-4-11/h5-8,11,14H,1-4,9H2,(H,18,21)(H,19,22)/t14-/m1/s1. The number of carbonyl (C=O) groups excluding carboxylic acids is 1. The molecular weight excluding hydrogens is 312 g/mol. The zero-order valence-electron chi connectivity index (χ0n) is 12.6. The first-order valence-electron chi connectivity index (χ1n) is 7.90. The Morgan fingerprint density at radius 2 is 1.91 bits per heavy atom. The summed E-state index contributed by atoms with van der Waals surface area (Å²) < 4.78 is 1.89. The van der Waals surface area contributed by atoms with E-state index in [-0.39, 0.29) is 22.8 Å².